The number of anilines is 2. The van der Waals surface area contributed by atoms with Gasteiger partial charge in [-0.25, -0.2) is 4.98 Å². The molecule has 1 aliphatic carbocycles. The first-order valence-electron chi connectivity index (χ1n) is 14.3. The lowest BCUT2D eigenvalue weighted by Crippen LogP contribution is -2.39. The van der Waals surface area contributed by atoms with Gasteiger partial charge in [-0.05, 0) is 68.7 Å². The van der Waals surface area contributed by atoms with E-state index in [4.69, 9.17) is 4.98 Å². The highest BCUT2D eigenvalue weighted by Crippen LogP contribution is 2.38. The molecule has 1 aliphatic heterocycles. The maximum atomic E-state index is 13.9. The zero-order chi connectivity index (χ0) is 26.6. The normalized spacial score (nSPS) is 16.9. The first kappa shape index (κ1) is 25.8. The summed E-state index contributed by atoms with van der Waals surface area (Å²) in [4.78, 5) is 25.1. The Morgan fingerprint density at radius 2 is 1.82 bits per heavy atom. The Kier molecular flexibility index (Phi) is 7.77. The fraction of sp³-hybridized carbons (Fsp3) is 0.406. The molecular formula is C32H37N5OS. The Hall–Kier alpha value is -3.45. The van der Waals surface area contributed by atoms with Crippen molar-refractivity contribution in [2.75, 3.05) is 18.4 Å². The molecule has 7 heteroatoms. The fourth-order valence-electron chi connectivity index (χ4n) is 6.31. The summed E-state index contributed by atoms with van der Waals surface area (Å²) in [6.45, 7) is 3.79. The molecule has 39 heavy (non-hydrogen) atoms. The van der Waals surface area contributed by atoms with Gasteiger partial charge < -0.3 is 14.8 Å². The summed E-state index contributed by atoms with van der Waals surface area (Å²) in [5.41, 5.74) is 6.24. The van der Waals surface area contributed by atoms with Gasteiger partial charge in [-0.15, -0.1) is 11.3 Å². The van der Waals surface area contributed by atoms with Gasteiger partial charge in [0.25, 0.3) is 5.91 Å². The average molecular weight is 540 g/mol. The molecule has 1 saturated carbocycles. The van der Waals surface area contributed by atoms with Crippen molar-refractivity contribution in [1.29, 1.82) is 0 Å². The minimum Gasteiger partial charge on any atom is -0.340 e. The van der Waals surface area contributed by atoms with E-state index >= 15 is 0 Å². The Morgan fingerprint density at radius 3 is 2.56 bits per heavy atom. The SMILES string of the molecule is Cc1c(C(=O)N2CCC(Cc3ccccc3)CC2)cc(-c2csc(Nc3cccnc3)n2)n1C1CCCCC1. The first-order chi connectivity index (χ1) is 19.2. The number of pyridine rings is 1. The van der Waals surface area contributed by atoms with Crippen molar-refractivity contribution >= 4 is 28.1 Å². The predicted octanol–water partition coefficient (Wildman–Crippen LogP) is 7.66. The van der Waals surface area contributed by atoms with Crippen LogP contribution in [0.15, 0.2) is 66.3 Å². The zero-order valence-electron chi connectivity index (χ0n) is 22.7. The minimum absolute atomic E-state index is 0.172. The molecule has 4 heterocycles. The standard InChI is InChI=1S/C32H37N5OS/c1-23-28(31(38)36-17-14-25(15-18-36)19-24-9-4-2-5-10-24)20-30(37(23)27-12-6-3-7-13-27)29-22-39-32(35-29)34-26-11-8-16-33-21-26/h2,4-5,8-11,16,20-22,25,27H,3,6-7,12-15,17-19H2,1H3,(H,34,35). The van der Waals surface area contributed by atoms with Crippen LogP contribution in [0.1, 0.15) is 72.6 Å². The molecule has 1 N–H and O–H groups in total. The number of amides is 1. The number of aromatic nitrogens is 3. The molecule has 3 aromatic heterocycles. The number of nitrogens with zero attached hydrogens (tertiary/aromatic N) is 4. The van der Waals surface area contributed by atoms with Gasteiger partial charge in [-0.2, -0.15) is 0 Å². The molecule has 2 fully saturated rings. The molecule has 0 spiro atoms. The van der Waals surface area contributed by atoms with E-state index < -0.39 is 0 Å². The molecule has 0 atom stereocenters. The number of hydrogen-bond acceptors (Lipinski definition) is 5. The van der Waals surface area contributed by atoms with Gasteiger partial charge in [-0.1, -0.05) is 49.6 Å². The molecule has 0 radical (unpaired) electrons. The van der Waals surface area contributed by atoms with Crippen LogP contribution < -0.4 is 5.32 Å². The van der Waals surface area contributed by atoms with Crippen LogP contribution in [0.25, 0.3) is 11.4 Å². The highest BCUT2D eigenvalue weighted by atomic mass is 32.1. The van der Waals surface area contributed by atoms with E-state index in [9.17, 15) is 4.79 Å². The van der Waals surface area contributed by atoms with Crippen molar-refractivity contribution in [1.82, 2.24) is 19.4 Å². The van der Waals surface area contributed by atoms with Crippen LogP contribution in [0, 0.1) is 12.8 Å². The van der Waals surface area contributed by atoms with E-state index in [0.717, 1.165) is 78.7 Å². The molecule has 202 valence electrons. The van der Waals surface area contributed by atoms with Crippen LogP contribution in [-0.4, -0.2) is 38.4 Å². The summed E-state index contributed by atoms with van der Waals surface area (Å²) in [6, 6.07) is 17.2. The lowest BCUT2D eigenvalue weighted by Gasteiger charge is -2.32. The molecule has 4 aromatic rings. The fourth-order valence-corrected chi connectivity index (χ4v) is 7.04. The number of rotatable bonds is 7. The third-order valence-corrected chi connectivity index (χ3v) is 9.17. The maximum absolute atomic E-state index is 13.9. The largest absolute Gasteiger partial charge is 0.340 e. The summed E-state index contributed by atoms with van der Waals surface area (Å²) >= 11 is 1.59. The average Bonchev–Trinajstić information content (AvgIpc) is 3.58. The van der Waals surface area contributed by atoms with Gasteiger partial charge in [-0.3, -0.25) is 9.78 Å². The molecule has 6 nitrogen and oxygen atoms in total. The van der Waals surface area contributed by atoms with Crippen LogP contribution in [0.3, 0.4) is 0 Å². The number of carbonyl (C=O) groups excluding carboxylic acids is 1. The number of hydrogen-bond donors (Lipinski definition) is 1. The van der Waals surface area contributed by atoms with Crippen LogP contribution in [0.2, 0.25) is 0 Å². The van der Waals surface area contributed by atoms with Gasteiger partial charge in [0.05, 0.1) is 28.8 Å². The second kappa shape index (κ2) is 11.7. The number of thiazole rings is 1. The Balaban J connectivity index is 1.23. The van der Waals surface area contributed by atoms with Crippen molar-refractivity contribution in [3.8, 4) is 11.4 Å². The summed E-state index contributed by atoms with van der Waals surface area (Å²) in [5.74, 6) is 0.811. The van der Waals surface area contributed by atoms with Crippen molar-refractivity contribution in [3.63, 3.8) is 0 Å². The van der Waals surface area contributed by atoms with Crippen LogP contribution in [0.4, 0.5) is 10.8 Å². The topological polar surface area (TPSA) is 63.1 Å². The quantitative estimate of drug-likeness (QED) is 0.262. The highest BCUT2D eigenvalue weighted by Gasteiger charge is 2.30. The number of carbonyl (C=O) groups is 1. The monoisotopic (exact) mass is 539 g/mol. The van der Waals surface area contributed by atoms with Crippen molar-refractivity contribution in [3.05, 3.63) is 83.1 Å². The van der Waals surface area contributed by atoms with E-state index in [1.807, 2.05) is 12.1 Å². The molecule has 0 bridgehead atoms. The molecule has 6 rings (SSSR count). The second-order valence-corrected chi connectivity index (χ2v) is 11.9. The molecule has 2 aliphatic rings. The van der Waals surface area contributed by atoms with Gasteiger partial charge in [0.1, 0.15) is 0 Å². The van der Waals surface area contributed by atoms with Gasteiger partial charge in [0.15, 0.2) is 5.13 Å². The van der Waals surface area contributed by atoms with Crippen molar-refractivity contribution in [2.24, 2.45) is 5.92 Å². The van der Waals surface area contributed by atoms with Crippen molar-refractivity contribution < 1.29 is 4.79 Å². The Morgan fingerprint density at radius 1 is 1.03 bits per heavy atom. The molecule has 1 aromatic carbocycles. The van der Waals surface area contributed by atoms with E-state index in [2.05, 4.69) is 68.5 Å². The Bertz CT molecular complexity index is 1380. The number of piperidine rings is 1. The third kappa shape index (κ3) is 5.78. The van der Waals surface area contributed by atoms with E-state index in [1.54, 1.807) is 23.7 Å². The van der Waals surface area contributed by atoms with Crippen LogP contribution in [0.5, 0.6) is 0 Å². The van der Waals surface area contributed by atoms with E-state index in [0.29, 0.717) is 12.0 Å². The maximum Gasteiger partial charge on any atom is 0.255 e. The first-order valence-corrected chi connectivity index (χ1v) is 15.2. The van der Waals surface area contributed by atoms with E-state index in [-0.39, 0.29) is 5.91 Å². The lowest BCUT2D eigenvalue weighted by molar-refractivity contribution is 0.0689. The number of likely N-dealkylation sites (tertiary alicyclic amines) is 1. The van der Waals surface area contributed by atoms with E-state index in [1.165, 1.54) is 24.8 Å². The van der Waals surface area contributed by atoms with Crippen LogP contribution in [-0.2, 0) is 6.42 Å². The highest BCUT2D eigenvalue weighted by molar-refractivity contribution is 7.14. The van der Waals surface area contributed by atoms with Gasteiger partial charge in [0, 0.05) is 36.4 Å². The Labute approximate surface area is 235 Å². The lowest BCUT2D eigenvalue weighted by atomic mass is 9.90. The summed E-state index contributed by atoms with van der Waals surface area (Å²) < 4.78 is 2.43. The second-order valence-electron chi connectivity index (χ2n) is 11.0. The number of nitrogens with one attached hydrogen (secondary N) is 1. The summed E-state index contributed by atoms with van der Waals surface area (Å²) in [7, 11) is 0. The zero-order valence-corrected chi connectivity index (χ0v) is 23.5. The smallest absolute Gasteiger partial charge is 0.255 e. The summed E-state index contributed by atoms with van der Waals surface area (Å²) in [5, 5.41) is 6.31. The van der Waals surface area contributed by atoms with Gasteiger partial charge >= 0.3 is 0 Å². The van der Waals surface area contributed by atoms with Crippen molar-refractivity contribution in [2.45, 2.75) is 64.3 Å². The molecule has 1 saturated heterocycles. The van der Waals surface area contributed by atoms with Crippen LogP contribution >= 0.6 is 11.3 Å². The minimum atomic E-state index is 0.172. The summed E-state index contributed by atoms with van der Waals surface area (Å²) in [6.07, 6.45) is 12.9. The third-order valence-electron chi connectivity index (χ3n) is 8.41. The number of benzene rings is 1. The molecular weight excluding hydrogens is 502 g/mol. The van der Waals surface area contributed by atoms with Gasteiger partial charge in [0.2, 0.25) is 0 Å². The molecule has 0 unspecified atom stereocenters. The molecule has 1 amide bonds. The predicted molar refractivity (Wildman–Crippen MR) is 159 cm³/mol.